The van der Waals surface area contributed by atoms with Crippen LogP contribution < -0.4 is 5.01 Å². The molecule has 0 saturated carbocycles. The minimum absolute atomic E-state index is 0.0385. The highest BCUT2D eigenvalue weighted by Crippen LogP contribution is 2.37. The van der Waals surface area contributed by atoms with E-state index in [1.54, 1.807) is 6.20 Å². The summed E-state index contributed by atoms with van der Waals surface area (Å²) in [6.45, 7) is 8.05. The van der Waals surface area contributed by atoms with E-state index in [4.69, 9.17) is 0 Å². The summed E-state index contributed by atoms with van der Waals surface area (Å²) in [5.74, 6) is 0.647. The van der Waals surface area contributed by atoms with Gasteiger partial charge in [0.1, 0.15) is 5.41 Å². The first-order chi connectivity index (χ1) is 9.52. The Morgan fingerprint density at radius 2 is 2.15 bits per heavy atom. The Morgan fingerprint density at radius 3 is 2.80 bits per heavy atom. The molecule has 2 aliphatic heterocycles. The number of rotatable bonds is 2. The Morgan fingerprint density at radius 1 is 1.35 bits per heavy atom. The van der Waals surface area contributed by atoms with Crippen LogP contribution in [0.4, 0.5) is 5.82 Å². The molecule has 3 heterocycles. The van der Waals surface area contributed by atoms with E-state index in [0.717, 1.165) is 25.2 Å². The summed E-state index contributed by atoms with van der Waals surface area (Å²) in [5.41, 5.74) is 0.491. The molecule has 0 aromatic carbocycles. The average Bonchev–Trinajstić information content (AvgIpc) is 2.71. The highest BCUT2D eigenvalue weighted by Gasteiger charge is 2.51. The van der Waals surface area contributed by atoms with Crippen molar-refractivity contribution in [3.63, 3.8) is 0 Å². The topological polar surface area (TPSA) is 48.8 Å². The van der Waals surface area contributed by atoms with Gasteiger partial charge in [-0.05, 0) is 32.9 Å². The van der Waals surface area contributed by atoms with Crippen molar-refractivity contribution < 1.29 is 4.79 Å². The summed E-state index contributed by atoms with van der Waals surface area (Å²) in [6.07, 6.45) is 2.54. The van der Waals surface area contributed by atoms with E-state index < -0.39 is 5.41 Å². The number of carbonyl (C=O) groups is 1. The van der Waals surface area contributed by atoms with Crippen LogP contribution in [0.15, 0.2) is 29.5 Å². The Bertz CT molecular complexity index is 554. The predicted molar refractivity (Wildman–Crippen MR) is 78.6 cm³/mol. The SMILES string of the molecule is CC(C)N1CCC2=NN(c3ccccn3)C(=O)C2(C)C1. The smallest absolute Gasteiger partial charge is 0.261 e. The van der Waals surface area contributed by atoms with E-state index in [2.05, 4.69) is 28.8 Å². The number of hydrogen-bond acceptors (Lipinski definition) is 4. The van der Waals surface area contributed by atoms with Crippen molar-refractivity contribution in [2.75, 3.05) is 18.1 Å². The van der Waals surface area contributed by atoms with Gasteiger partial charge in [0, 0.05) is 31.7 Å². The second kappa shape index (κ2) is 4.66. The second-order valence-electron chi connectivity index (χ2n) is 6.00. The van der Waals surface area contributed by atoms with E-state index in [-0.39, 0.29) is 5.91 Å². The van der Waals surface area contributed by atoms with Gasteiger partial charge in [-0.3, -0.25) is 9.69 Å². The fraction of sp³-hybridized carbons (Fsp3) is 0.533. The van der Waals surface area contributed by atoms with Crippen LogP contribution in [0.2, 0.25) is 0 Å². The molecule has 0 bridgehead atoms. The maximum absolute atomic E-state index is 12.8. The Labute approximate surface area is 119 Å². The number of piperidine rings is 1. The number of hydrazone groups is 1. The average molecular weight is 272 g/mol. The van der Waals surface area contributed by atoms with Crippen LogP contribution in [0.5, 0.6) is 0 Å². The molecule has 5 heteroatoms. The highest BCUT2D eigenvalue weighted by molar-refractivity contribution is 6.19. The summed E-state index contributed by atoms with van der Waals surface area (Å²) in [6, 6.07) is 5.99. The lowest BCUT2D eigenvalue weighted by molar-refractivity contribution is -0.124. The molecule has 0 radical (unpaired) electrons. The van der Waals surface area contributed by atoms with Crippen LogP contribution in [0.1, 0.15) is 27.2 Å². The molecular weight excluding hydrogens is 252 g/mol. The molecule has 1 fully saturated rings. The van der Waals surface area contributed by atoms with Crippen molar-refractivity contribution >= 4 is 17.4 Å². The third-order valence-electron chi connectivity index (χ3n) is 4.27. The monoisotopic (exact) mass is 272 g/mol. The molecule has 1 saturated heterocycles. The lowest BCUT2D eigenvalue weighted by Gasteiger charge is -2.39. The molecule has 0 aliphatic carbocycles. The summed E-state index contributed by atoms with van der Waals surface area (Å²) in [7, 11) is 0. The molecule has 0 N–H and O–H groups in total. The van der Waals surface area contributed by atoms with Crippen molar-refractivity contribution in [3.8, 4) is 0 Å². The Balaban J connectivity index is 1.92. The quantitative estimate of drug-likeness (QED) is 0.826. The zero-order valence-electron chi connectivity index (χ0n) is 12.2. The first-order valence-electron chi connectivity index (χ1n) is 7.10. The van der Waals surface area contributed by atoms with Gasteiger partial charge in [0.2, 0.25) is 0 Å². The molecule has 3 rings (SSSR count). The molecule has 1 aromatic rings. The number of aromatic nitrogens is 1. The third kappa shape index (κ3) is 1.93. The number of anilines is 1. The van der Waals surface area contributed by atoms with Gasteiger partial charge in [-0.25, -0.2) is 4.98 Å². The number of likely N-dealkylation sites (tertiary alicyclic amines) is 1. The van der Waals surface area contributed by atoms with Crippen LogP contribution in [0.3, 0.4) is 0 Å². The van der Waals surface area contributed by atoms with Gasteiger partial charge in [0.15, 0.2) is 5.82 Å². The van der Waals surface area contributed by atoms with E-state index in [9.17, 15) is 4.79 Å². The minimum Gasteiger partial charge on any atom is -0.299 e. The number of nitrogens with zero attached hydrogens (tertiary/aromatic N) is 4. The van der Waals surface area contributed by atoms with E-state index in [1.165, 1.54) is 5.01 Å². The maximum Gasteiger partial charge on any atom is 0.261 e. The van der Waals surface area contributed by atoms with Gasteiger partial charge in [-0.15, -0.1) is 0 Å². The Hall–Kier alpha value is -1.75. The van der Waals surface area contributed by atoms with Crippen LogP contribution in [0, 0.1) is 5.41 Å². The number of pyridine rings is 1. The van der Waals surface area contributed by atoms with E-state index >= 15 is 0 Å². The van der Waals surface area contributed by atoms with Gasteiger partial charge < -0.3 is 0 Å². The maximum atomic E-state index is 12.8. The van der Waals surface area contributed by atoms with Crippen molar-refractivity contribution in [2.24, 2.45) is 10.5 Å². The molecule has 1 amide bonds. The van der Waals surface area contributed by atoms with Crippen molar-refractivity contribution in [3.05, 3.63) is 24.4 Å². The van der Waals surface area contributed by atoms with Crippen LogP contribution >= 0.6 is 0 Å². The number of carbonyl (C=O) groups excluding carboxylic acids is 1. The first kappa shape index (κ1) is 13.2. The fourth-order valence-corrected chi connectivity index (χ4v) is 2.93. The van der Waals surface area contributed by atoms with Crippen molar-refractivity contribution in [1.29, 1.82) is 0 Å². The van der Waals surface area contributed by atoms with Crippen molar-refractivity contribution in [1.82, 2.24) is 9.88 Å². The number of amides is 1. The van der Waals surface area contributed by atoms with Gasteiger partial charge in [-0.1, -0.05) is 6.07 Å². The molecule has 20 heavy (non-hydrogen) atoms. The van der Waals surface area contributed by atoms with Crippen molar-refractivity contribution in [2.45, 2.75) is 33.2 Å². The number of fused-ring (bicyclic) bond motifs is 1. The predicted octanol–water partition coefficient (Wildman–Crippen LogP) is 1.90. The molecule has 5 nitrogen and oxygen atoms in total. The molecule has 106 valence electrons. The number of hydrogen-bond donors (Lipinski definition) is 0. The minimum atomic E-state index is -0.500. The van der Waals surface area contributed by atoms with E-state index in [1.807, 2.05) is 25.1 Å². The second-order valence-corrected chi connectivity index (χ2v) is 6.00. The van der Waals surface area contributed by atoms with E-state index in [0.29, 0.717) is 11.9 Å². The molecule has 1 aromatic heterocycles. The summed E-state index contributed by atoms with van der Waals surface area (Å²) < 4.78 is 0. The molecule has 1 atom stereocenters. The summed E-state index contributed by atoms with van der Waals surface area (Å²) in [4.78, 5) is 19.4. The van der Waals surface area contributed by atoms with Gasteiger partial charge in [0.25, 0.3) is 5.91 Å². The first-order valence-corrected chi connectivity index (χ1v) is 7.10. The highest BCUT2D eigenvalue weighted by atomic mass is 16.2. The Kier molecular flexibility index (Phi) is 3.09. The van der Waals surface area contributed by atoms with Gasteiger partial charge in [0.05, 0.1) is 5.71 Å². The normalized spacial score (nSPS) is 26.9. The fourth-order valence-electron chi connectivity index (χ4n) is 2.93. The third-order valence-corrected chi connectivity index (χ3v) is 4.27. The lowest BCUT2D eigenvalue weighted by Crippen LogP contribution is -2.53. The van der Waals surface area contributed by atoms with Crippen LogP contribution in [-0.4, -0.2) is 40.6 Å². The van der Waals surface area contributed by atoms with Crippen LogP contribution in [0.25, 0.3) is 0 Å². The van der Waals surface area contributed by atoms with Gasteiger partial charge >= 0.3 is 0 Å². The summed E-state index contributed by atoms with van der Waals surface area (Å²) in [5, 5.41) is 6.01. The zero-order valence-corrected chi connectivity index (χ0v) is 12.2. The molecular formula is C15H20N4O. The largest absolute Gasteiger partial charge is 0.299 e. The molecule has 2 aliphatic rings. The summed E-state index contributed by atoms with van der Waals surface area (Å²) >= 11 is 0. The zero-order chi connectivity index (χ0) is 14.3. The lowest BCUT2D eigenvalue weighted by atomic mass is 9.79. The molecule has 0 spiro atoms. The van der Waals surface area contributed by atoms with Crippen LogP contribution in [-0.2, 0) is 4.79 Å². The standard InChI is InChI=1S/C15H20N4O/c1-11(2)18-9-7-12-15(3,10-18)14(20)19(17-12)13-6-4-5-8-16-13/h4-6,8,11H,7,9-10H2,1-3H3. The van der Waals surface area contributed by atoms with Gasteiger partial charge in [-0.2, -0.15) is 10.1 Å². The molecule has 1 unspecified atom stereocenters.